The van der Waals surface area contributed by atoms with E-state index >= 15 is 0 Å². The highest BCUT2D eigenvalue weighted by Gasteiger charge is 2.12. The molecular weight excluding hydrogens is 216 g/mol. The zero-order chi connectivity index (χ0) is 11.4. The molecule has 0 fully saturated rings. The molecule has 0 saturated heterocycles. The van der Waals surface area contributed by atoms with Crippen LogP contribution in [-0.2, 0) is 0 Å². The molecule has 3 heteroatoms. The molecular formula is C13H12O2Si. The maximum absolute atomic E-state index is 12.2. The lowest BCUT2D eigenvalue weighted by Gasteiger charge is -2.07. The molecule has 0 spiro atoms. The Bertz CT molecular complexity index is 494. The van der Waals surface area contributed by atoms with Gasteiger partial charge in [-0.15, -0.1) is 0 Å². The van der Waals surface area contributed by atoms with Gasteiger partial charge in [0, 0.05) is 5.56 Å². The van der Waals surface area contributed by atoms with Crippen molar-refractivity contribution < 1.29 is 9.22 Å². The van der Waals surface area contributed by atoms with Gasteiger partial charge >= 0.3 is 0 Å². The predicted octanol–water partition coefficient (Wildman–Crippen LogP) is 1.58. The van der Waals surface area contributed by atoms with Crippen LogP contribution in [0.15, 0.2) is 54.6 Å². The van der Waals surface area contributed by atoms with Crippen LogP contribution in [0.3, 0.4) is 0 Å². The fraction of sp³-hybridized carbons (Fsp3) is 0. The van der Waals surface area contributed by atoms with Crippen LogP contribution in [-0.4, -0.2) is 16.3 Å². The second-order valence-electron chi connectivity index (χ2n) is 3.40. The molecule has 2 nitrogen and oxygen atoms in total. The minimum atomic E-state index is 0.00653. The molecule has 2 aromatic carbocycles. The fourth-order valence-electron chi connectivity index (χ4n) is 1.58. The number of hydrogen-bond acceptors (Lipinski definition) is 2. The first-order chi connectivity index (χ1) is 7.83. The summed E-state index contributed by atoms with van der Waals surface area (Å²) in [6.45, 7) is 0. The smallest absolute Gasteiger partial charge is 0.204 e. The zero-order valence-corrected chi connectivity index (χ0v) is 11.0. The summed E-state index contributed by atoms with van der Waals surface area (Å²) in [6, 6.07) is 16.6. The molecule has 0 aliphatic rings. The van der Waals surface area contributed by atoms with E-state index in [2.05, 4.69) is 0 Å². The maximum atomic E-state index is 12.2. The maximum Gasteiger partial charge on any atom is 0.204 e. The first-order valence-electron chi connectivity index (χ1n) is 5.05. The van der Waals surface area contributed by atoms with Crippen LogP contribution in [0.4, 0.5) is 0 Å². The van der Waals surface area contributed by atoms with Gasteiger partial charge < -0.3 is 4.43 Å². The molecule has 2 aromatic rings. The van der Waals surface area contributed by atoms with Crippen molar-refractivity contribution in [2.24, 2.45) is 0 Å². The minimum Gasteiger partial charge on any atom is -0.553 e. The summed E-state index contributed by atoms with van der Waals surface area (Å²) < 4.78 is 5.31. The van der Waals surface area contributed by atoms with E-state index in [1.165, 1.54) is 0 Å². The monoisotopic (exact) mass is 228 g/mol. The second kappa shape index (κ2) is 4.77. The molecule has 0 N–H and O–H groups in total. The number of ketones is 1. The van der Waals surface area contributed by atoms with E-state index in [1.54, 1.807) is 6.07 Å². The third-order valence-electron chi connectivity index (χ3n) is 2.39. The number of carbonyl (C=O) groups excluding carboxylic acids is 1. The summed E-state index contributed by atoms with van der Waals surface area (Å²) in [6.07, 6.45) is 0. The number of benzene rings is 2. The van der Waals surface area contributed by atoms with Gasteiger partial charge in [0.2, 0.25) is 10.5 Å². The zero-order valence-electron chi connectivity index (χ0n) is 9.01. The summed E-state index contributed by atoms with van der Waals surface area (Å²) >= 11 is 0. The van der Waals surface area contributed by atoms with Crippen molar-refractivity contribution in [1.82, 2.24) is 0 Å². The number of hydrogen-bond donors (Lipinski definition) is 0. The van der Waals surface area contributed by atoms with Gasteiger partial charge in [-0.1, -0.05) is 42.5 Å². The Labute approximate surface area is 97.4 Å². The van der Waals surface area contributed by atoms with Gasteiger partial charge in [0.1, 0.15) is 5.75 Å². The van der Waals surface area contributed by atoms with Crippen molar-refractivity contribution in [3.05, 3.63) is 65.7 Å². The summed E-state index contributed by atoms with van der Waals surface area (Å²) in [5, 5.41) is 0. The third-order valence-corrected chi connectivity index (χ3v) is 2.83. The lowest BCUT2D eigenvalue weighted by atomic mass is 10.0. The van der Waals surface area contributed by atoms with E-state index in [0.29, 0.717) is 27.4 Å². The number of para-hydroxylation sites is 1. The average molecular weight is 228 g/mol. The largest absolute Gasteiger partial charge is 0.553 e. The van der Waals surface area contributed by atoms with Crippen molar-refractivity contribution >= 4 is 16.3 Å². The van der Waals surface area contributed by atoms with Crippen LogP contribution >= 0.6 is 0 Å². The Balaban J connectivity index is 2.42. The molecule has 0 bridgehead atoms. The van der Waals surface area contributed by atoms with Gasteiger partial charge in [-0.2, -0.15) is 0 Å². The first kappa shape index (κ1) is 10.6. The van der Waals surface area contributed by atoms with Gasteiger partial charge in [0.25, 0.3) is 0 Å². The van der Waals surface area contributed by atoms with E-state index in [1.807, 2.05) is 48.5 Å². The van der Waals surface area contributed by atoms with E-state index in [0.717, 1.165) is 0 Å². The molecule has 0 unspecified atom stereocenters. The molecule has 2 rings (SSSR count). The van der Waals surface area contributed by atoms with E-state index in [4.69, 9.17) is 4.43 Å². The molecule has 0 aliphatic heterocycles. The van der Waals surface area contributed by atoms with Crippen LogP contribution in [0, 0.1) is 0 Å². The first-order valence-corrected chi connectivity index (χ1v) is 5.87. The molecule has 0 radical (unpaired) electrons. The minimum absolute atomic E-state index is 0.00653. The average Bonchev–Trinajstić information content (AvgIpc) is 2.39. The quantitative estimate of drug-likeness (QED) is 0.589. The predicted molar refractivity (Wildman–Crippen MR) is 66.9 cm³/mol. The van der Waals surface area contributed by atoms with Crippen LogP contribution in [0.25, 0.3) is 0 Å². The molecule has 80 valence electrons. The molecule has 0 aliphatic carbocycles. The van der Waals surface area contributed by atoms with Gasteiger partial charge in [0.15, 0.2) is 5.78 Å². The summed E-state index contributed by atoms with van der Waals surface area (Å²) in [7, 11) is 0.581. The van der Waals surface area contributed by atoms with Crippen molar-refractivity contribution in [1.29, 1.82) is 0 Å². The SMILES string of the molecule is O=C(c1ccccc1)c1ccccc1O[SiH3]. The van der Waals surface area contributed by atoms with Crippen LogP contribution in [0.2, 0.25) is 0 Å². The van der Waals surface area contributed by atoms with Crippen molar-refractivity contribution in [2.45, 2.75) is 0 Å². The van der Waals surface area contributed by atoms with Crippen LogP contribution in [0.1, 0.15) is 15.9 Å². The molecule has 0 aromatic heterocycles. The Morgan fingerprint density at radius 2 is 1.56 bits per heavy atom. The van der Waals surface area contributed by atoms with Crippen LogP contribution < -0.4 is 4.43 Å². The van der Waals surface area contributed by atoms with Crippen molar-refractivity contribution in [3.8, 4) is 5.75 Å². The van der Waals surface area contributed by atoms with Gasteiger partial charge in [-0.05, 0) is 12.1 Å². The lowest BCUT2D eigenvalue weighted by molar-refractivity contribution is 0.103. The third kappa shape index (κ3) is 2.04. The van der Waals surface area contributed by atoms with Crippen molar-refractivity contribution in [2.75, 3.05) is 0 Å². The summed E-state index contributed by atoms with van der Waals surface area (Å²) in [4.78, 5) is 12.2. The topological polar surface area (TPSA) is 26.3 Å². The standard InChI is InChI=1S/C13H12O2Si/c14-13(10-6-2-1-3-7-10)11-8-4-5-9-12(11)15-16/h1-9H,16H3. The fourth-order valence-corrected chi connectivity index (χ4v) is 1.93. The Morgan fingerprint density at radius 3 is 2.25 bits per heavy atom. The van der Waals surface area contributed by atoms with E-state index in [-0.39, 0.29) is 5.78 Å². The molecule has 0 amide bonds. The molecule has 0 atom stereocenters. The van der Waals surface area contributed by atoms with E-state index in [9.17, 15) is 4.79 Å². The van der Waals surface area contributed by atoms with E-state index < -0.39 is 0 Å². The Hall–Kier alpha value is -1.87. The van der Waals surface area contributed by atoms with Crippen LogP contribution in [0.5, 0.6) is 5.75 Å². The molecule has 0 heterocycles. The molecule has 16 heavy (non-hydrogen) atoms. The molecule has 0 saturated carbocycles. The van der Waals surface area contributed by atoms with Crippen molar-refractivity contribution in [3.63, 3.8) is 0 Å². The highest BCUT2D eigenvalue weighted by atomic mass is 28.2. The highest BCUT2D eigenvalue weighted by molar-refractivity contribution is 6.11. The van der Waals surface area contributed by atoms with Gasteiger partial charge in [-0.25, -0.2) is 0 Å². The summed E-state index contributed by atoms with van der Waals surface area (Å²) in [5.74, 6) is 0.676. The lowest BCUT2D eigenvalue weighted by Crippen LogP contribution is -2.03. The summed E-state index contributed by atoms with van der Waals surface area (Å²) in [5.41, 5.74) is 1.32. The van der Waals surface area contributed by atoms with Gasteiger partial charge in [-0.3, -0.25) is 4.79 Å². The second-order valence-corrected chi connectivity index (χ2v) is 3.80. The Kier molecular flexibility index (Phi) is 3.17. The number of carbonyl (C=O) groups is 1. The normalized spacial score (nSPS) is 10.0. The van der Waals surface area contributed by atoms with Gasteiger partial charge in [0.05, 0.1) is 5.56 Å². The number of rotatable bonds is 3. The highest BCUT2D eigenvalue weighted by Crippen LogP contribution is 2.20. The Morgan fingerprint density at radius 1 is 0.938 bits per heavy atom.